The average molecular weight is 427 g/mol. The highest BCUT2D eigenvalue weighted by molar-refractivity contribution is 5.45. The van der Waals surface area contributed by atoms with E-state index in [1.807, 2.05) is 54.6 Å². The van der Waals surface area contributed by atoms with Gasteiger partial charge in [-0.05, 0) is 96.5 Å². The van der Waals surface area contributed by atoms with Crippen LogP contribution in [0.1, 0.15) is 22.3 Å². The lowest BCUT2D eigenvalue weighted by Gasteiger charge is -2.11. The molecule has 0 unspecified atom stereocenters. The second-order valence-electron chi connectivity index (χ2n) is 7.89. The Hall–Kier alpha value is -3.92. The summed E-state index contributed by atoms with van der Waals surface area (Å²) >= 11 is 0. The summed E-state index contributed by atoms with van der Waals surface area (Å²) < 4.78 is 6.01. The number of benzene rings is 4. The van der Waals surface area contributed by atoms with Gasteiger partial charge in [0.2, 0.25) is 0 Å². The maximum absolute atomic E-state index is 10.3. The van der Waals surface area contributed by atoms with Crippen molar-refractivity contribution in [3.8, 4) is 28.7 Å². The Labute approximate surface area is 188 Å². The average Bonchev–Trinajstić information content (AvgIpc) is 2.80. The van der Waals surface area contributed by atoms with E-state index >= 15 is 0 Å². The Bertz CT molecular complexity index is 1180. The fraction of sp³-hybridized carbons (Fsp3) is 0.143. The van der Waals surface area contributed by atoms with Crippen LogP contribution < -0.4 is 4.74 Å². The molecule has 0 radical (unpaired) electrons. The molecule has 4 rings (SSSR count). The molecule has 0 heterocycles. The van der Waals surface area contributed by atoms with E-state index in [-0.39, 0.29) is 17.2 Å². The maximum Gasteiger partial charge on any atom is 0.169 e. The molecule has 0 atom stereocenters. The van der Waals surface area contributed by atoms with Gasteiger partial charge in [0, 0.05) is 0 Å². The summed E-state index contributed by atoms with van der Waals surface area (Å²) in [5, 5.41) is 29.3. The summed E-state index contributed by atoms with van der Waals surface area (Å²) in [7, 11) is 0. The lowest BCUT2D eigenvalue weighted by molar-refractivity contribution is 0.410. The van der Waals surface area contributed by atoms with Crippen LogP contribution in [-0.4, -0.2) is 15.3 Å². The Balaban J connectivity index is 1.41. The smallest absolute Gasteiger partial charge is 0.169 e. The molecule has 32 heavy (non-hydrogen) atoms. The van der Waals surface area contributed by atoms with Gasteiger partial charge in [0.1, 0.15) is 17.2 Å². The first-order valence-electron chi connectivity index (χ1n) is 10.7. The van der Waals surface area contributed by atoms with Crippen molar-refractivity contribution >= 4 is 0 Å². The van der Waals surface area contributed by atoms with Crippen molar-refractivity contribution in [1.29, 1.82) is 0 Å². The second-order valence-corrected chi connectivity index (χ2v) is 7.89. The SMILES string of the molecule is Oc1ccc(CCc2cccc(Oc3cc(CCc4cccc(O)c4)ccc3O)c2)cc1. The lowest BCUT2D eigenvalue weighted by Crippen LogP contribution is -1.94. The van der Waals surface area contributed by atoms with E-state index in [1.165, 1.54) is 0 Å². The molecule has 0 aromatic heterocycles. The van der Waals surface area contributed by atoms with E-state index in [0.29, 0.717) is 11.5 Å². The minimum atomic E-state index is 0.0978. The van der Waals surface area contributed by atoms with Crippen LogP contribution >= 0.6 is 0 Å². The number of hydrogen-bond donors (Lipinski definition) is 3. The first-order chi connectivity index (χ1) is 15.5. The molecule has 162 valence electrons. The molecule has 3 N–H and O–H groups in total. The van der Waals surface area contributed by atoms with Crippen LogP contribution in [0.5, 0.6) is 28.7 Å². The minimum Gasteiger partial charge on any atom is -0.508 e. The zero-order chi connectivity index (χ0) is 22.3. The molecule has 0 saturated heterocycles. The van der Waals surface area contributed by atoms with Gasteiger partial charge in [0.15, 0.2) is 11.5 Å². The monoisotopic (exact) mass is 426 g/mol. The van der Waals surface area contributed by atoms with Gasteiger partial charge in [-0.1, -0.05) is 42.5 Å². The first kappa shape index (κ1) is 21.3. The third kappa shape index (κ3) is 5.82. The molecule has 0 aliphatic carbocycles. The predicted molar refractivity (Wildman–Crippen MR) is 126 cm³/mol. The van der Waals surface area contributed by atoms with Gasteiger partial charge >= 0.3 is 0 Å². The normalized spacial score (nSPS) is 10.8. The van der Waals surface area contributed by atoms with Crippen molar-refractivity contribution in [2.45, 2.75) is 25.7 Å². The zero-order valence-corrected chi connectivity index (χ0v) is 17.7. The topological polar surface area (TPSA) is 69.9 Å². The number of phenols is 3. The van der Waals surface area contributed by atoms with E-state index in [0.717, 1.165) is 47.9 Å². The summed E-state index contributed by atoms with van der Waals surface area (Å²) in [6.07, 6.45) is 3.26. The Kier molecular flexibility index (Phi) is 6.61. The van der Waals surface area contributed by atoms with Gasteiger partial charge in [0.25, 0.3) is 0 Å². The molecular weight excluding hydrogens is 400 g/mol. The Morgan fingerprint density at radius 3 is 1.81 bits per heavy atom. The van der Waals surface area contributed by atoms with Gasteiger partial charge in [-0.15, -0.1) is 0 Å². The predicted octanol–water partition coefficient (Wildman–Crippen LogP) is 6.17. The summed E-state index contributed by atoms with van der Waals surface area (Å²) in [5.41, 5.74) is 4.40. The molecule has 0 saturated carbocycles. The molecule has 4 heteroatoms. The van der Waals surface area contributed by atoms with Crippen molar-refractivity contribution in [3.05, 3.63) is 113 Å². The summed E-state index contributed by atoms with van der Waals surface area (Å²) in [4.78, 5) is 0. The van der Waals surface area contributed by atoms with Gasteiger partial charge in [0.05, 0.1) is 0 Å². The molecule has 0 spiro atoms. The standard InChI is InChI=1S/C28H26O4/c29-24-14-11-20(12-15-24)7-8-22-4-2-6-26(18-22)32-28-19-23(13-16-27(28)31)10-9-21-3-1-5-25(30)17-21/h1-6,11-19,29-31H,7-10H2. The zero-order valence-electron chi connectivity index (χ0n) is 17.7. The number of phenolic OH excluding ortho intramolecular Hbond substituents is 3. The fourth-order valence-corrected chi connectivity index (χ4v) is 3.64. The van der Waals surface area contributed by atoms with Gasteiger partial charge in [-0.25, -0.2) is 0 Å². The number of aromatic hydroxyl groups is 3. The Morgan fingerprint density at radius 2 is 1.09 bits per heavy atom. The molecule has 0 bridgehead atoms. The molecule has 0 aliphatic rings. The number of ether oxygens (including phenoxy) is 1. The molecular formula is C28H26O4. The molecule has 4 aromatic rings. The third-order valence-electron chi connectivity index (χ3n) is 5.40. The third-order valence-corrected chi connectivity index (χ3v) is 5.40. The molecule has 4 aromatic carbocycles. The summed E-state index contributed by atoms with van der Waals surface area (Å²) in [6, 6.07) is 27.8. The van der Waals surface area contributed by atoms with E-state index in [9.17, 15) is 15.3 Å². The van der Waals surface area contributed by atoms with Crippen LogP contribution in [-0.2, 0) is 25.7 Å². The Morgan fingerprint density at radius 1 is 0.500 bits per heavy atom. The molecule has 0 amide bonds. The number of hydrogen-bond acceptors (Lipinski definition) is 4. The van der Waals surface area contributed by atoms with Crippen molar-refractivity contribution in [2.75, 3.05) is 0 Å². The largest absolute Gasteiger partial charge is 0.508 e. The fourth-order valence-electron chi connectivity index (χ4n) is 3.64. The maximum atomic E-state index is 10.3. The first-order valence-corrected chi connectivity index (χ1v) is 10.7. The van der Waals surface area contributed by atoms with E-state index in [1.54, 1.807) is 30.3 Å². The van der Waals surface area contributed by atoms with Crippen LogP contribution in [0, 0.1) is 0 Å². The highest BCUT2D eigenvalue weighted by Crippen LogP contribution is 2.32. The number of rotatable bonds is 8. The molecule has 0 fully saturated rings. The molecule has 4 nitrogen and oxygen atoms in total. The van der Waals surface area contributed by atoms with Gasteiger partial charge < -0.3 is 20.1 Å². The quantitative estimate of drug-likeness (QED) is 0.315. The van der Waals surface area contributed by atoms with Crippen molar-refractivity contribution in [3.63, 3.8) is 0 Å². The van der Waals surface area contributed by atoms with Crippen LogP contribution in [0.25, 0.3) is 0 Å². The minimum absolute atomic E-state index is 0.0978. The highest BCUT2D eigenvalue weighted by atomic mass is 16.5. The number of aryl methyl sites for hydroxylation is 4. The van der Waals surface area contributed by atoms with Crippen molar-refractivity contribution in [1.82, 2.24) is 0 Å². The highest BCUT2D eigenvalue weighted by Gasteiger charge is 2.08. The lowest BCUT2D eigenvalue weighted by atomic mass is 10.0. The van der Waals surface area contributed by atoms with E-state index < -0.39 is 0 Å². The van der Waals surface area contributed by atoms with Gasteiger partial charge in [-0.2, -0.15) is 0 Å². The second kappa shape index (κ2) is 9.92. The van der Waals surface area contributed by atoms with Crippen molar-refractivity contribution < 1.29 is 20.1 Å². The van der Waals surface area contributed by atoms with Gasteiger partial charge in [-0.3, -0.25) is 0 Å². The van der Waals surface area contributed by atoms with Crippen LogP contribution in [0.2, 0.25) is 0 Å². The van der Waals surface area contributed by atoms with E-state index in [2.05, 4.69) is 6.07 Å². The van der Waals surface area contributed by atoms with Crippen LogP contribution in [0.3, 0.4) is 0 Å². The molecule has 0 aliphatic heterocycles. The van der Waals surface area contributed by atoms with E-state index in [4.69, 9.17) is 4.74 Å². The van der Waals surface area contributed by atoms with Crippen LogP contribution in [0.4, 0.5) is 0 Å². The van der Waals surface area contributed by atoms with Crippen LogP contribution in [0.15, 0.2) is 91.0 Å². The van der Waals surface area contributed by atoms with Crippen molar-refractivity contribution in [2.24, 2.45) is 0 Å². The summed E-state index contributed by atoms with van der Waals surface area (Å²) in [5.74, 6) is 1.74. The summed E-state index contributed by atoms with van der Waals surface area (Å²) in [6.45, 7) is 0.